The Hall–Kier alpha value is -0.660. The summed E-state index contributed by atoms with van der Waals surface area (Å²) in [6.07, 6.45) is 6.71. The van der Waals surface area contributed by atoms with Crippen LogP contribution in [0.1, 0.15) is 86.8 Å². The van der Waals surface area contributed by atoms with Gasteiger partial charge in [0.05, 0.1) is 0 Å². The molecule has 4 aliphatic rings. The number of rotatable bonds is 4. The summed E-state index contributed by atoms with van der Waals surface area (Å²) in [6, 6.07) is 0. The van der Waals surface area contributed by atoms with Crippen molar-refractivity contribution in [3.8, 4) is 0 Å². The van der Waals surface area contributed by atoms with Gasteiger partial charge in [0.15, 0.2) is 0 Å². The summed E-state index contributed by atoms with van der Waals surface area (Å²) in [5.41, 5.74) is -0.502. The topological polar surface area (TPSA) is 34.1 Å². The molecular formula is C21H32O2. The minimum Gasteiger partial charge on any atom is -0.299 e. The highest BCUT2D eigenvalue weighted by Gasteiger charge is 2.65. The van der Waals surface area contributed by atoms with Gasteiger partial charge in [0.2, 0.25) is 0 Å². The lowest BCUT2D eigenvalue weighted by Gasteiger charge is -2.40. The molecule has 4 fully saturated rings. The molecule has 23 heavy (non-hydrogen) atoms. The van der Waals surface area contributed by atoms with E-state index < -0.39 is 0 Å². The highest BCUT2D eigenvalue weighted by Crippen LogP contribution is 2.68. The van der Waals surface area contributed by atoms with Gasteiger partial charge < -0.3 is 0 Å². The molecule has 4 aliphatic carbocycles. The van der Waals surface area contributed by atoms with E-state index >= 15 is 0 Å². The van der Waals surface area contributed by atoms with Crippen molar-refractivity contribution in [1.82, 2.24) is 0 Å². The average molecular weight is 317 g/mol. The van der Waals surface area contributed by atoms with Crippen molar-refractivity contribution in [3.05, 3.63) is 0 Å². The zero-order chi connectivity index (χ0) is 17.5. The molecule has 4 bridgehead atoms. The van der Waals surface area contributed by atoms with Gasteiger partial charge in [0.25, 0.3) is 0 Å². The summed E-state index contributed by atoms with van der Waals surface area (Å²) < 4.78 is 8.82. The molecule has 0 aromatic heterocycles. The molecule has 0 heterocycles. The predicted molar refractivity (Wildman–Crippen MR) is 91.0 cm³/mol. The van der Waals surface area contributed by atoms with Gasteiger partial charge in [0, 0.05) is 25.0 Å². The SMILES string of the molecule is [2H]C(CC12CCC(CC1=O)C2(C)C)CC12CCC(CC1=O)C2(C)C. The Labute approximate surface area is 142 Å². The van der Waals surface area contributed by atoms with Crippen molar-refractivity contribution >= 4 is 11.6 Å². The van der Waals surface area contributed by atoms with Gasteiger partial charge >= 0.3 is 0 Å². The van der Waals surface area contributed by atoms with Crippen LogP contribution in [0.4, 0.5) is 0 Å². The number of Topliss-reactive ketones (excluding diaryl/α,β-unsaturated/α-hetero) is 2. The lowest BCUT2D eigenvalue weighted by Crippen LogP contribution is -2.38. The molecule has 0 aromatic carbocycles. The van der Waals surface area contributed by atoms with Crippen LogP contribution in [0, 0.1) is 33.5 Å². The number of hydrogen-bond donors (Lipinski definition) is 0. The number of hydrogen-bond acceptors (Lipinski definition) is 2. The number of carbonyl (C=O) groups excluding carboxylic acids is 2. The van der Waals surface area contributed by atoms with Gasteiger partial charge in [-0.05, 0) is 61.2 Å². The standard InChI is InChI=1S/C21H32O2/c1-18(2)14-6-10-20(18,16(22)12-14)8-5-9-21-11-7-15(13-17(21)23)19(21,3)4/h14-15H,5-13H2,1-4H3/i5D. The highest BCUT2D eigenvalue weighted by atomic mass is 16.1. The Morgan fingerprint density at radius 1 is 0.870 bits per heavy atom. The van der Waals surface area contributed by atoms with Crippen molar-refractivity contribution in [3.63, 3.8) is 0 Å². The molecule has 4 unspecified atom stereocenters. The van der Waals surface area contributed by atoms with Crippen LogP contribution >= 0.6 is 0 Å². The van der Waals surface area contributed by atoms with Gasteiger partial charge in [-0.1, -0.05) is 34.1 Å². The molecule has 0 saturated heterocycles. The van der Waals surface area contributed by atoms with Crippen LogP contribution in [-0.2, 0) is 9.59 Å². The monoisotopic (exact) mass is 317 g/mol. The Bertz CT molecular complexity index is 555. The van der Waals surface area contributed by atoms with E-state index in [9.17, 15) is 9.59 Å². The molecule has 0 radical (unpaired) electrons. The smallest absolute Gasteiger partial charge is 0.139 e. The van der Waals surface area contributed by atoms with Gasteiger partial charge in [0.1, 0.15) is 11.6 Å². The maximum atomic E-state index is 12.7. The summed E-state index contributed by atoms with van der Waals surface area (Å²) in [5.74, 6) is 1.83. The second-order valence-electron chi connectivity index (χ2n) is 10.0. The van der Waals surface area contributed by atoms with Crippen LogP contribution in [0.25, 0.3) is 0 Å². The molecule has 0 N–H and O–H groups in total. The third kappa shape index (κ3) is 1.66. The van der Waals surface area contributed by atoms with E-state index in [4.69, 9.17) is 1.37 Å². The maximum absolute atomic E-state index is 12.7. The fraction of sp³-hybridized carbons (Fsp3) is 0.905. The summed E-state index contributed by atoms with van der Waals surface area (Å²) in [4.78, 5) is 25.5. The van der Waals surface area contributed by atoms with Gasteiger partial charge in [-0.2, -0.15) is 0 Å². The number of carbonyl (C=O) groups is 2. The first kappa shape index (κ1) is 14.7. The van der Waals surface area contributed by atoms with E-state index in [1.165, 1.54) is 0 Å². The largest absolute Gasteiger partial charge is 0.299 e. The first-order valence-corrected chi connectivity index (χ1v) is 9.56. The number of fused-ring (bicyclic) bond motifs is 4. The van der Waals surface area contributed by atoms with Crippen molar-refractivity contribution in [2.24, 2.45) is 33.5 Å². The van der Waals surface area contributed by atoms with Crippen LogP contribution in [0.5, 0.6) is 0 Å². The molecule has 4 rings (SSSR count). The molecule has 4 saturated carbocycles. The van der Waals surface area contributed by atoms with Crippen LogP contribution in [0.15, 0.2) is 0 Å². The minimum atomic E-state index is -0.287. The summed E-state index contributed by atoms with van der Waals surface area (Å²) in [7, 11) is 0. The van der Waals surface area contributed by atoms with E-state index in [2.05, 4.69) is 27.7 Å². The quantitative estimate of drug-likeness (QED) is 0.735. The maximum Gasteiger partial charge on any atom is 0.139 e. The van der Waals surface area contributed by atoms with E-state index in [0.29, 0.717) is 36.2 Å². The third-order valence-electron chi connectivity index (χ3n) is 9.26. The Kier molecular flexibility index (Phi) is 2.86. The van der Waals surface area contributed by atoms with Crippen LogP contribution in [-0.4, -0.2) is 11.6 Å². The predicted octanol–water partition coefficient (Wildman–Crippen LogP) is 4.95. The molecular weight excluding hydrogens is 284 g/mol. The van der Waals surface area contributed by atoms with Crippen LogP contribution in [0.3, 0.4) is 0 Å². The van der Waals surface area contributed by atoms with Crippen molar-refractivity contribution in [2.45, 2.75) is 85.5 Å². The Morgan fingerprint density at radius 3 is 1.52 bits per heavy atom. The summed E-state index contributed by atoms with van der Waals surface area (Å²) in [6.45, 7) is 8.99. The molecule has 0 aliphatic heterocycles. The normalized spacial score (nSPS) is 48.1. The average Bonchev–Trinajstić information content (AvgIpc) is 3.00. The molecule has 0 amide bonds. The molecule has 2 heteroatoms. The Balaban J connectivity index is 1.57. The second-order valence-corrected chi connectivity index (χ2v) is 10.0. The van der Waals surface area contributed by atoms with Crippen molar-refractivity contribution in [1.29, 1.82) is 0 Å². The fourth-order valence-corrected chi connectivity index (χ4v) is 7.06. The van der Waals surface area contributed by atoms with E-state index in [-0.39, 0.29) is 28.1 Å². The molecule has 0 spiro atoms. The number of ketones is 2. The lowest BCUT2D eigenvalue weighted by atomic mass is 9.62. The van der Waals surface area contributed by atoms with E-state index in [1.807, 2.05) is 0 Å². The summed E-state index contributed by atoms with van der Waals surface area (Å²) in [5, 5.41) is 0. The zero-order valence-electron chi connectivity index (χ0n) is 16.2. The first-order valence-electron chi connectivity index (χ1n) is 10.1. The summed E-state index contributed by atoms with van der Waals surface area (Å²) >= 11 is 0. The van der Waals surface area contributed by atoms with Gasteiger partial charge in [-0.3, -0.25) is 9.59 Å². The van der Waals surface area contributed by atoms with E-state index in [0.717, 1.165) is 38.5 Å². The van der Waals surface area contributed by atoms with Crippen molar-refractivity contribution in [2.75, 3.05) is 0 Å². The highest BCUT2D eigenvalue weighted by molar-refractivity contribution is 5.90. The molecule has 4 atom stereocenters. The van der Waals surface area contributed by atoms with Crippen molar-refractivity contribution < 1.29 is 11.0 Å². The molecule has 2 nitrogen and oxygen atoms in total. The van der Waals surface area contributed by atoms with Gasteiger partial charge in [-0.15, -0.1) is 0 Å². The van der Waals surface area contributed by atoms with Crippen LogP contribution in [0.2, 0.25) is 0 Å². The zero-order valence-corrected chi connectivity index (χ0v) is 15.2. The van der Waals surface area contributed by atoms with E-state index in [1.54, 1.807) is 0 Å². The fourth-order valence-electron chi connectivity index (χ4n) is 7.06. The molecule has 128 valence electrons. The minimum absolute atomic E-state index is 0.0362. The van der Waals surface area contributed by atoms with Crippen LogP contribution < -0.4 is 0 Å². The Morgan fingerprint density at radius 2 is 1.26 bits per heavy atom. The molecule has 0 aromatic rings. The second kappa shape index (κ2) is 4.49. The van der Waals surface area contributed by atoms with Gasteiger partial charge in [-0.25, -0.2) is 0 Å². The third-order valence-corrected chi connectivity index (χ3v) is 9.26. The first-order chi connectivity index (χ1) is 11.1. The lowest BCUT2D eigenvalue weighted by molar-refractivity contribution is -0.131.